The zero-order valence-electron chi connectivity index (χ0n) is 13.7. The molecule has 0 amide bonds. The lowest BCUT2D eigenvalue weighted by atomic mass is 10.1. The number of aromatic carboxylic acids is 1. The minimum absolute atomic E-state index is 0.151. The molecule has 3 aromatic rings. The number of hydrogen-bond donors (Lipinski definition) is 1. The van der Waals surface area contributed by atoms with Crippen LogP contribution in [0.5, 0.6) is 5.75 Å². The van der Waals surface area contributed by atoms with Crippen LogP contribution in [0.3, 0.4) is 0 Å². The van der Waals surface area contributed by atoms with E-state index >= 15 is 0 Å². The zero-order chi connectivity index (χ0) is 18.7. The van der Waals surface area contributed by atoms with Crippen molar-refractivity contribution in [1.82, 2.24) is 4.98 Å². The average molecular weight is 350 g/mol. The minimum Gasteiger partial charge on any atom is -0.497 e. The van der Waals surface area contributed by atoms with Gasteiger partial charge in [-0.3, -0.25) is 10.1 Å². The summed E-state index contributed by atoms with van der Waals surface area (Å²) in [5.41, 5.74) is 0.414. The van der Waals surface area contributed by atoms with Gasteiger partial charge < -0.3 is 9.84 Å². The topological polar surface area (TPSA) is 103 Å². The number of carboxylic acid groups (broad SMARTS) is 1. The van der Waals surface area contributed by atoms with Crippen molar-refractivity contribution >= 4 is 34.6 Å². The normalized spacial score (nSPS) is 11.0. The Balaban J connectivity index is 1.95. The second kappa shape index (κ2) is 7.02. The molecule has 3 rings (SSSR count). The molecule has 7 nitrogen and oxygen atoms in total. The number of aromatic nitrogens is 1. The standard InChI is InChI=1S/C19H14N2O5/c1-26-16-6-5-13-8-12(2-4-14(13)9-16)3-7-18-17(19(22)23)10-15(11-20-18)21(24)25/h2-11H,1H3,(H,22,23). The molecule has 0 aliphatic carbocycles. The number of rotatable bonds is 5. The first-order valence-electron chi connectivity index (χ1n) is 7.61. The molecule has 1 N–H and O–H groups in total. The molecule has 1 heterocycles. The highest BCUT2D eigenvalue weighted by molar-refractivity contribution is 5.93. The summed E-state index contributed by atoms with van der Waals surface area (Å²) in [7, 11) is 1.61. The molecule has 1 aromatic heterocycles. The summed E-state index contributed by atoms with van der Waals surface area (Å²) in [6.45, 7) is 0. The van der Waals surface area contributed by atoms with Gasteiger partial charge in [0.05, 0.1) is 23.3 Å². The number of pyridine rings is 1. The van der Waals surface area contributed by atoms with Crippen molar-refractivity contribution in [3.05, 3.63) is 75.6 Å². The highest BCUT2D eigenvalue weighted by Gasteiger charge is 2.15. The predicted molar refractivity (Wildman–Crippen MR) is 97.3 cm³/mol. The van der Waals surface area contributed by atoms with E-state index in [-0.39, 0.29) is 16.9 Å². The SMILES string of the molecule is COc1ccc2cc(C=Cc3ncc([N+](=O)[O-])cc3C(=O)O)ccc2c1. The Bertz CT molecular complexity index is 1040. The van der Waals surface area contributed by atoms with Crippen molar-refractivity contribution in [3.63, 3.8) is 0 Å². The van der Waals surface area contributed by atoms with Crippen molar-refractivity contribution in [2.75, 3.05) is 7.11 Å². The molecule has 0 saturated heterocycles. The molecule has 2 aromatic carbocycles. The number of carbonyl (C=O) groups is 1. The van der Waals surface area contributed by atoms with Gasteiger partial charge in [0, 0.05) is 6.07 Å². The zero-order valence-corrected chi connectivity index (χ0v) is 13.7. The van der Waals surface area contributed by atoms with Crippen LogP contribution in [0.15, 0.2) is 48.7 Å². The van der Waals surface area contributed by atoms with Gasteiger partial charge in [-0.25, -0.2) is 9.78 Å². The highest BCUT2D eigenvalue weighted by atomic mass is 16.6. The van der Waals surface area contributed by atoms with Crippen LogP contribution < -0.4 is 4.74 Å². The number of benzene rings is 2. The van der Waals surface area contributed by atoms with Gasteiger partial charge in [0.25, 0.3) is 5.69 Å². The van der Waals surface area contributed by atoms with Crippen LogP contribution in [-0.2, 0) is 0 Å². The van der Waals surface area contributed by atoms with Crippen LogP contribution >= 0.6 is 0 Å². The van der Waals surface area contributed by atoms with Gasteiger partial charge in [-0.05, 0) is 40.6 Å². The van der Waals surface area contributed by atoms with E-state index in [0.717, 1.165) is 34.3 Å². The Kier molecular flexibility index (Phi) is 4.62. The van der Waals surface area contributed by atoms with Crippen molar-refractivity contribution < 1.29 is 19.6 Å². The first-order chi connectivity index (χ1) is 12.5. The van der Waals surface area contributed by atoms with Crippen LogP contribution in [-0.4, -0.2) is 28.1 Å². The highest BCUT2D eigenvalue weighted by Crippen LogP contribution is 2.23. The number of nitro groups is 1. The smallest absolute Gasteiger partial charge is 0.338 e. The molecular formula is C19H14N2O5. The fourth-order valence-electron chi connectivity index (χ4n) is 2.52. The van der Waals surface area contributed by atoms with Crippen LogP contribution in [0.1, 0.15) is 21.6 Å². The average Bonchev–Trinajstić information content (AvgIpc) is 2.65. The lowest BCUT2D eigenvalue weighted by molar-refractivity contribution is -0.385. The maximum Gasteiger partial charge on any atom is 0.338 e. The van der Waals surface area contributed by atoms with E-state index in [0.29, 0.717) is 0 Å². The Morgan fingerprint density at radius 3 is 2.58 bits per heavy atom. The van der Waals surface area contributed by atoms with Crippen molar-refractivity contribution in [1.29, 1.82) is 0 Å². The Hall–Kier alpha value is -3.74. The van der Waals surface area contributed by atoms with E-state index in [4.69, 9.17) is 4.74 Å². The van der Waals surface area contributed by atoms with Crippen LogP contribution in [0, 0.1) is 10.1 Å². The number of fused-ring (bicyclic) bond motifs is 1. The van der Waals surface area contributed by atoms with Gasteiger partial charge in [0.1, 0.15) is 11.9 Å². The van der Waals surface area contributed by atoms with Crippen molar-refractivity contribution in [2.24, 2.45) is 0 Å². The summed E-state index contributed by atoms with van der Waals surface area (Å²) < 4.78 is 5.19. The van der Waals surface area contributed by atoms with Crippen LogP contribution in [0.25, 0.3) is 22.9 Å². The fourth-order valence-corrected chi connectivity index (χ4v) is 2.52. The molecule has 0 spiro atoms. The van der Waals surface area contributed by atoms with E-state index in [1.54, 1.807) is 13.2 Å². The first kappa shape index (κ1) is 17.1. The van der Waals surface area contributed by atoms with Gasteiger partial charge in [-0.1, -0.05) is 24.3 Å². The van der Waals surface area contributed by atoms with Crippen LogP contribution in [0.2, 0.25) is 0 Å². The number of hydrogen-bond acceptors (Lipinski definition) is 5. The third-order valence-electron chi connectivity index (χ3n) is 3.85. The van der Waals surface area contributed by atoms with E-state index in [9.17, 15) is 20.0 Å². The summed E-state index contributed by atoms with van der Waals surface area (Å²) in [6.07, 6.45) is 4.28. The summed E-state index contributed by atoms with van der Waals surface area (Å²) in [5, 5.41) is 22.1. The molecule has 0 fully saturated rings. The molecule has 0 aliphatic rings. The molecule has 130 valence electrons. The molecule has 0 atom stereocenters. The lowest BCUT2D eigenvalue weighted by Gasteiger charge is -2.04. The summed E-state index contributed by atoms with van der Waals surface area (Å²) in [5.74, 6) is -0.506. The number of ether oxygens (including phenoxy) is 1. The van der Waals surface area contributed by atoms with Crippen molar-refractivity contribution in [2.45, 2.75) is 0 Å². The quantitative estimate of drug-likeness (QED) is 0.551. The molecule has 0 aliphatic heterocycles. The monoisotopic (exact) mass is 350 g/mol. The Morgan fingerprint density at radius 2 is 1.88 bits per heavy atom. The summed E-state index contributed by atoms with van der Waals surface area (Å²) in [6, 6.07) is 12.5. The van der Waals surface area contributed by atoms with E-state index in [2.05, 4.69) is 4.98 Å². The summed E-state index contributed by atoms with van der Waals surface area (Å²) >= 11 is 0. The maximum atomic E-state index is 11.3. The third-order valence-corrected chi connectivity index (χ3v) is 3.85. The second-order valence-electron chi connectivity index (χ2n) is 5.49. The van der Waals surface area contributed by atoms with Crippen molar-refractivity contribution in [3.8, 4) is 5.75 Å². The predicted octanol–water partition coefficient (Wildman–Crippen LogP) is 4.02. The first-order valence-corrected chi connectivity index (χ1v) is 7.61. The van der Waals surface area contributed by atoms with E-state index in [1.165, 1.54) is 6.08 Å². The van der Waals surface area contributed by atoms with Gasteiger partial charge in [0.2, 0.25) is 0 Å². The molecular weight excluding hydrogens is 336 g/mol. The minimum atomic E-state index is -1.27. The van der Waals surface area contributed by atoms with Crippen LogP contribution in [0.4, 0.5) is 5.69 Å². The largest absolute Gasteiger partial charge is 0.497 e. The van der Waals surface area contributed by atoms with Gasteiger partial charge in [0.15, 0.2) is 0 Å². The Morgan fingerprint density at radius 1 is 1.15 bits per heavy atom. The Labute approximate surface area is 148 Å². The molecule has 0 bridgehead atoms. The molecule has 0 radical (unpaired) electrons. The van der Waals surface area contributed by atoms with E-state index < -0.39 is 10.9 Å². The fraction of sp³-hybridized carbons (Fsp3) is 0.0526. The second-order valence-corrected chi connectivity index (χ2v) is 5.49. The lowest BCUT2D eigenvalue weighted by Crippen LogP contribution is -2.03. The number of carboxylic acids is 1. The molecule has 26 heavy (non-hydrogen) atoms. The number of methoxy groups -OCH3 is 1. The third kappa shape index (κ3) is 3.51. The van der Waals surface area contributed by atoms with Gasteiger partial charge >= 0.3 is 5.97 Å². The molecule has 0 unspecified atom stereocenters. The van der Waals surface area contributed by atoms with Gasteiger partial charge in [-0.15, -0.1) is 0 Å². The number of nitrogens with zero attached hydrogens (tertiary/aromatic N) is 2. The molecule has 0 saturated carbocycles. The maximum absolute atomic E-state index is 11.3. The van der Waals surface area contributed by atoms with E-state index in [1.807, 2.05) is 36.4 Å². The molecule has 7 heteroatoms. The summed E-state index contributed by atoms with van der Waals surface area (Å²) in [4.78, 5) is 25.3. The van der Waals surface area contributed by atoms with Gasteiger partial charge in [-0.2, -0.15) is 0 Å².